The van der Waals surface area contributed by atoms with Gasteiger partial charge in [0.15, 0.2) is 0 Å². The van der Waals surface area contributed by atoms with Crippen LogP contribution in [0.25, 0.3) is 0 Å². The Morgan fingerprint density at radius 1 is 1.04 bits per heavy atom. The molecule has 0 spiro atoms. The van der Waals surface area contributed by atoms with Crippen molar-refractivity contribution in [3.63, 3.8) is 0 Å². The summed E-state index contributed by atoms with van der Waals surface area (Å²) in [6.07, 6.45) is 11.0. The minimum Gasteiger partial charge on any atom is -0.508 e. The van der Waals surface area contributed by atoms with Crippen LogP contribution >= 0.6 is 27.7 Å². The monoisotopic (exact) mass is 784 g/mol. The predicted octanol–water partition coefficient (Wildman–Crippen LogP) is 8.12. The molecule has 0 aliphatic carbocycles. The lowest BCUT2D eigenvalue weighted by molar-refractivity contribution is -0.150. The standard InChI is InChI=1S/C38H49BrN4O7S/c1-22(15-16-31(38(3,4)39)50-32(47)14-6-5-11-25-21-27-35(51-25)42-37(49)40-27)9-7-10-23(2)17-18-43-28-19-24(44)20-30(46)34(28)41-33-26(36(43)48)12-8-13-29(33)45/h8-9,12-13,17,19-20,25,27,31,35,41,44-46H,5-7,10-11,14-16,18,21H2,1-4H3,(H2,40,42,49)/b22-9+,23-17+. The van der Waals surface area contributed by atoms with Crippen molar-refractivity contribution in [2.45, 2.75) is 113 Å². The molecule has 3 aliphatic heterocycles. The molecule has 276 valence electrons. The van der Waals surface area contributed by atoms with E-state index in [0.29, 0.717) is 23.8 Å². The van der Waals surface area contributed by atoms with Crippen LogP contribution in [0.2, 0.25) is 0 Å². The van der Waals surface area contributed by atoms with Crippen molar-refractivity contribution >= 4 is 62.7 Å². The highest BCUT2D eigenvalue weighted by molar-refractivity contribution is 9.10. The van der Waals surface area contributed by atoms with E-state index >= 15 is 0 Å². The van der Waals surface area contributed by atoms with E-state index in [1.807, 2.05) is 38.6 Å². The van der Waals surface area contributed by atoms with E-state index in [9.17, 15) is 29.7 Å². The second-order valence-corrected chi connectivity index (χ2v) is 17.7. The molecule has 3 amide bonds. The summed E-state index contributed by atoms with van der Waals surface area (Å²) in [4.78, 5) is 39.3. The molecule has 11 nitrogen and oxygen atoms in total. The average Bonchev–Trinajstić information content (AvgIpc) is 3.55. The van der Waals surface area contributed by atoms with Gasteiger partial charge in [-0.25, -0.2) is 4.79 Å². The second kappa shape index (κ2) is 16.7. The van der Waals surface area contributed by atoms with Crippen molar-refractivity contribution in [2.75, 3.05) is 16.8 Å². The molecule has 13 heteroatoms. The van der Waals surface area contributed by atoms with Gasteiger partial charge in [-0.3, -0.25) is 9.59 Å². The van der Waals surface area contributed by atoms with Gasteiger partial charge < -0.3 is 40.9 Å². The van der Waals surface area contributed by atoms with Gasteiger partial charge in [0.25, 0.3) is 5.91 Å². The molecule has 4 atom stereocenters. The lowest BCUT2D eigenvalue weighted by Gasteiger charge is -2.29. The highest BCUT2D eigenvalue weighted by Crippen LogP contribution is 2.46. The molecule has 2 fully saturated rings. The number of amides is 3. The number of allylic oxidation sites excluding steroid dienone is 3. The van der Waals surface area contributed by atoms with Crippen molar-refractivity contribution in [1.29, 1.82) is 0 Å². The minimum atomic E-state index is -0.373. The van der Waals surface area contributed by atoms with Crippen molar-refractivity contribution < 1.29 is 34.4 Å². The normalized spacial score (nSPS) is 20.8. The number of thioether (sulfide) groups is 1. The average molecular weight is 786 g/mol. The number of rotatable bonds is 15. The summed E-state index contributed by atoms with van der Waals surface area (Å²) in [6, 6.07) is 7.39. The number of hydrogen-bond donors (Lipinski definition) is 6. The SMILES string of the molecule is C/C(=C\CN1C(=O)c2cccc(O)c2Nc2c(O)cc(O)cc21)CC/C=C(\C)CCC(OC(=O)CCCCC1CC2NC(=O)NC2S1)C(C)(C)Br. The largest absolute Gasteiger partial charge is 0.508 e. The number of halogens is 1. The molecule has 4 unspecified atom stereocenters. The molecule has 2 aromatic carbocycles. The summed E-state index contributed by atoms with van der Waals surface area (Å²) in [5, 5.41) is 40.8. The third-order valence-electron chi connectivity index (χ3n) is 9.60. The minimum absolute atomic E-state index is 0.0802. The summed E-state index contributed by atoms with van der Waals surface area (Å²) in [6.45, 7) is 8.33. The molecular weight excluding hydrogens is 736 g/mol. The van der Waals surface area contributed by atoms with Gasteiger partial charge in [-0.15, -0.1) is 11.8 Å². The van der Waals surface area contributed by atoms with Gasteiger partial charge in [-0.2, -0.15) is 0 Å². The number of carbonyl (C=O) groups is 3. The molecule has 0 saturated carbocycles. The molecule has 2 saturated heterocycles. The van der Waals surface area contributed by atoms with E-state index in [0.717, 1.165) is 50.5 Å². The Morgan fingerprint density at radius 3 is 2.55 bits per heavy atom. The Balaban J connectivity index is 1.08. The first-order chi connectivity index (χ1) is 24.2. The van der Waals surface area contributed by atoms with Crippen molar-refractivity contribution in [3.05, 3.63) is 59.2 Å². The molecule has 3 heterocycles. The number of phenolic OH excluding ortho intramolecular Hbond substituents is 3. The Bertz CT molecular complexity index is 1670. The van der Waals surface area contributed by atoms with Gasteiger partial charge in [-0.05, 0) is 84.8 Å². The fraction of sp³-hybridized carbons (Fsp3) is 0.500. The predicted molar refractivity (Wildman–Crippen MR) is 205 cm³/mol. The second-order valence-electron chi connectivity index (χ2n) is 14.2. The fourth-order valence-corrected chi connectivity index (χ4v) is 8.57. The molecule has 3 aliphatic rings. The van der Waals surface area contributed by atoms with Crippen LogP contribution in [0.15, 0.2) is 53.6 Å². The van der Waals surface area contributed by atoms with Crippen molar-refractivity contribution in [2.24, 2.45) is 0 Å². The Kier molecular flexibility index (Phi) is 12.5. The van der Waals surface area contributed by atoms with Crippen LogP contribution in [-0.2, 0) is 9.53 Å². The van der Waals surface area contributed by atoms with E-state index in [4.69, 9.17) is 4.74 Å². The molecule has 51 heavy (non-hydrogen) atoms. The first kappa shape index (κ1) is 38.4. The van der Waals surface area contributed by atoms with Crippen LogP contribution in [0.1, 0.15) is 95.8 Å². The Labute approximate surface area is 312 Å². The van der Waals surface area contributed by atoms with Crippen LogP contribution in [0, 0.1) is 0 Å². The number of fused-ring (bicyclic) bond motifs is 3. The topological polar surface area (TPSA) is 160 Å². The number of phenols is 3. The van der Waals surface area contributed by atoms with Crippen LogP contribution in [0.4, 0.5) is 21.9 Å². The molecule has 6 N–H and O–H groups in total. The van der Waals surface area contributed by atoms with Gasteiger partial charge >= 0.3 is 12.0 Å². The maximum absolute atomic E-state index is 13.6. The van der Waals surface area contributed by atoms with Crippen LogP contribution in [-0.4, -0.2) is 66.9 Å². The number of carbonyl (C=O) groups excluding carboxylic acids is 3. The number of esters is 1. The number of aromatic hydroxyl groups is 3. The lowest BCUT2D eigenvalue weighted by Crippen LogP contribution is -2.34. The van der Waals surface area contributed by atoms with Crippen molar-refractivity contribution in [3.8, 4) is 17.2 Å². The number of urea groups is 1. The highest BCUT2D eigenvalue weighted by Gasteiger charge is 2.41. The van der Waals surface area contributed by atoms with Crippen LogP contribution in [0.5, 0.6) is 17.2 Å². The zero-order valence-corrected chi connectivity index (χ0v) is 32.0. The zero-order valence-electron chi connectivity index (χ0n) is 29.6. The summed E-state index contributed by atoms with van der Waals surface area (Å²) < 4.78 is 5.59. The number of alkyl halides is 1. The molecule has 5 rings (SSSR count). The highest BCUT2D eigenvalue weighted by atomic mass is 79.9. The van der Waals surface area contributed by atoms with E-state index in [1.54, 1.807) is 12.1 Å². The first-order valence-electron chi connectivity index (χ1n) is 17.6. The third kappa shape index (κ3) is 9.94. The Hall–Kier alpha value is -3.84. The van der Waals surface area contributed by atoms with Gasteiger partial charge in [0.1, 0.15) is 29.0 Å². The van der Waals surface area contributed by atoms with Gasteiger partial charge in [0, 0.05) is 30.3 Å². The van der Waals surface area contributed by atoms with E-state index in [2.05, 4.69) is 44.9 Å². The number of nitrogens with one attached hydrogen (secondary N) is 3. The number of ether oxygens (including phenoxy) is 1. The smallest absolute Gasteiger partial charge is 0.316 e. The molecular formula is C38H49BrN4O7S. The van der Waals surface area contributed by atoms with Crippen LogP contribution in [0.3, 0.4) is 0 Å². The maximum Gasteiger partial charge on any atom is 0.316 e. The number of unbranched alkanes of at least 4 members (excludes halogenated alkanes) is 1. The summed E-state index contributed by atoms with van der Waals surface area (Å²) >= 11 is 5.54. The van der Waals surface area contributed by atoms with Crippen LogP contribution < -0.4 is 20.9 Å². The summed E-state index contributed by atoms with van der Waals surface area (Å²) in [5.74, 6) is -1.10. The third-order valence-corrected chi connectivity index (χ3v) is 11.7. The van der Waals surface area contributed by atoms with E-state index in [-0.39, 0.29) is 80.5 Å². The lowest BCUT2D eigenvalue weighted by atomic mass is 9.98. The number of nitrogens with zero attached hydrogens (tertiary/aromatic N) is 1. The maximum atomic E-state index is 13.6. The van der Waals surface area contributed by atoms with Gasteiger partial charge in [-0.1, -0.05) is 51.7 Å². The van der Waals surface area contributed by atoms with Gasteiger partial charge in [0.2, 0.25) is 0 Å². The molecule has 0 radical (unpaired) electrons. The quantitative estimate of drug-likeness (QED) is 0.0262. The van der Waals surface area contributed by atoms with E-state index in [1.165, 1.54) is 28.7 Å². The Morgan fingerprint density at radius 2 is 1.80 bits per heavy atom. The van der Waals surface area contributed by atoms with E-state index < -0.39 is 0 Å². The van der Waals surface area contributed by atoms with Gasteiger partial charge in [0.05, 0.1) is 32.7 Å². The zero-order chi connectivity index (χ0) is 36.9. The number of hydrogen-bond acceptors (Lipinski definition) is 9. The summed E-state index contributed by atoms with van der Waals surface area (Å²) in [5.41, 5.74) is 3.24. The number of benzene rings is 2. The number of para-hydroxylation sites is 1. The summed E-state index contributed by atoms with van der Waals surface area (Å²) in [7, 11) is 0. The van der Waals surface area contributed by atoms with Crippen molar-refractivity contribution in [1.82, 2.24) is 10.6 Å². The molecule has 0 aromatic heterocycles. The molecule has 2 aromatic rings. The fourth-order valence-electron chi connectivity index (χ4n) is 6.67. The first-order valence-corrected chi connectivity index (χ1v) is 19.3. The number of anilines is 3. The molecule has 0 bridgehead atoms.